The number of aromatic nitrogens is 1. The Balaban J connectivity index is 2.65. The lowest BCUT2D eigenvalue weighted by atomic mass is 10.0. The van der Waals surface area contributed by atoms with Gasteiger partial charge < -0.3 is 9.26 Å². The highest BCUT2D eigenvalue weighted by Gasteiger charge is 2.32. The lowest BCUT2D eigenvalue weighted by Gasteiger charge is -2.09. The van der Waals surface area contributed by atoms with E-state index in [0.29, 0.717) is 0 Å². The summed E-state index contributed by atoms with van der Waals surface area (Å²) in [4.78, 5) is 11.7. The van der Waals surface area contributed by atoms with Gasteiger partial charge in [-0.15, -0.1) is 0 Å². The van der Waals surface area contributed by atoms with Crippen molar-refractivity contribution in [3.05, 3.63) is 40.1 Å². The molecule has 8 heteroatoms. The molecule has 0 spiro atoms. The Morgan fingerprint density at radius 1 is 1.38 bits per heavy atom. The number of methoxy groups -OCH3 is 1. The van der Waals surface area contributed by atoms with Crippen LogP contribution in [0, 0.1) is 6.92 Å². The number of aryl methyl sites for hydroxylation is 1. The molecule has 0 aliphatic rings. The first-order valence-electron chi connectivity index (χ1n) is 5.67. The normalized spacial score (nSPS) is 11.5. The van der Waals surface area contributed by atoms with Crippen molar-refractivity contribution in [2.24, 2.45) is 0 Å². The Hall–Kier alpha value is -2.02. The van der Waals surface area contributed by atoms with E-state index in [1.54, 1.807) is 0 Å². The molecule has 112 valence electrons. The standard InChI is InChI=1S/C13H9ClF3NO3/c1-6-10(12(19)20-2)11(18-21-6)8-5-7(13(15,16)17)3-4-9(8)14/h3-5H,1-2H3. The van der Waals surface area contributed by atoms with Crippen molar-refractivity contribution in [2.45, 2.75) is 13.1 Å². The van der Waals surface area contributed by atoms with Crippen LogP contribution in [0.5, 0.6) is 0 Å². The van der Waals surface area contributed by atoms with Crippen molar-refractivity contribution in [2.75, 3.05) is 7.11 Å². The van der Waals surface area contributed by atoms with Gasteiger partial charge in [-0.1, -0.05) is 16.8 Å². The molecule has 0 aliphatic heterocycles. The van der Waals surface area contributed by atoms with E-state index in [1.807, 2.05) is 0 Å². The molecule has 0 saturated heterocycles. The zero-order valence-electron chi connectivity index (χ0n) is 10.9. The Morgan fingerprint density at radius 3 is 2.62 bits per heavy atom. The largest absolute Gasteiger partial charge is 0.465 e. The van der Waals surface area contributed by atoms with Crippen LogP contribution in [0.4, 0.5) is 13.2 Å². The van der Waals surface area contributed by atoms with Crippen LogP contribution in [-0.4, -0.2) is 18.2 Å². The molecule has 0 amide bonds. The van der Waals surface area contributed by atoms with Crippen LogP contribution in [0.3, 0.4) is 0 Å². The Morgan fingerprint density at radius 2 is 2.05 bits per heavy atom. The molecular formula is C13H9ClF3NO3. The second-order valence-electron chi connectivity index (χ2n) is 4.15. The van der Waals surface area contributed by atoms with Crippen molar-refractivity contribution in [3.63, 3.8) is 0 Å². The van der Waals surface area contributed by atoms with Crippen LogP contribution in [0.15, 0.2) is 22.7 Å². The number of carbonyl (C=O) groups is 1. The summed E-state index contributed by atoms with van der Waals surface area (Å²) in [5, 5.41) is 3.63. The van der Waals surface area contributed by atoms with Gasteiger partial charge in [-0.25, -0.2) is 4.79 Å². The molecule has 0 N–H and O–H groups in total. The summed E-state index contributed by atoms with van der Waals surface area (Å²) in [7, 11) is 1.15. The molecule has 4 nitrogen and oxygen atoms in total. The molecule has 0 fully saturated rings. The molecule has 21 heavy (non-hydrogen) atoms. The van der Waals surface area contributed by atoms with E-state index in [1.165, 1.54) is 6.92 Å². The fourth-order valence-electron chi connectivity index (χ4n) is 1.78. The SMILES string of the molecule is COC(=O)c1c(-c2cc(C(F)(F)F)ccc2Cl)noc1C. The first-order valence-corrected chi connectivity index (χ1v) is 6.05. The molecular weight excluding hydrogens is 311 g/mol. The minimum absolute atomic E-state index is 0.0152. The summed E-state index contributed by atoms with van der Waals surface area (Å²) in [5.74, 6) is -0.637. The maximum absolute atomic E-state index is 12.8. The second-order valence-corrected chi connectivity index (χ2v) is 4.55. The molecule has 0 bridgehead atoms. The number of hydrogen-bond acceptors (Lipinski definition) is 4. The molecule has 2 aromatic rings. The fraction of sp³-hybridized carbons (Fsp3) is 0.231. The summed E-state index contributed by atoms with van der Waals surface area (Å²) < 4.78 is 47.7. The van der Waals surface area contributed by atoms with Gasteiger partial charge in [0.2, 0.25) is 0 Å². The number of esters is 1. The van der Waals surface area contributed by atoms with Crippen molar-refractivity contribution in [1.29, 1.82) is 0 Å². The van der Waals surface area contributed by atoms with E-state index in [0.717, 1.165) is 25.3 Å². The van der Waals surface area contributed by atoms with Gasteiger partial charge in [-0.3, -0.25) is 0 Å². The molecule has 1 aromatic carbocycles. The van der Waals surface area contributed by atoms with E-state index in [9.17, 15) is 18.0 Å². The molecule has 0 aliphatic carbocycles. The smallest absolute Gasteiger partial charge is 0.416 e. The number of halogens is 4. The van der Waals surface area contributed by atoms with Gasteiger partial charge in [0.15, 0.2) is 0 Å². The first-order chi connectivity index (χ1) is 9.75. The maximum atomic E-state index is 12.8. The summed E-state index contributed by atoms with van der Waals surface area (Å²) in [6.07, 6.45) is -4.54. The van der Waals surface area contributed by atoms with Crippen molar-refractivity contribution in [1.82, 2.24) is 5.16 Å². The number of nitrogens with zero attached hydrogens (tertiary/aromatic N) is 1. The highest BCUT2D eigenvalue weighted by atomic mass is 35.5. The van der Waals surface area contributed by atoms with E-state index >= 15 is 0 Å². The average Bonchev–Trinajstić information content (AvgIpc) is 2.79. The van der Waals surface area contributed by atoms with Gasteiger partial charge >= 0.3 is 12.1 Å². The summed E-state index contributed by atoms with van der Waals surface area (Å²) >= 11 is 5.91. The van der Waals surface area contributed by atoms with Crippen molar-refractivity contribution < 1.29 is 27.2 Å². The highest BCUT2D eigenvalue weighted by molar-refractivity contribution is 6.33. The molecule has 0 atom stereocenters. The number of rotatable bonds is 2. The van der Waals surface area contributed by atoms with Gasteiger partial charge in [-0.2, -0.15) is 13.2 Å². The Kier molecular flexibility index (Phi) is 3.95. The maximum Gasteiger partial charge on any atom is 0.416 e. The number of benzene rings is 1. The lowest BCUT2D eigenvalue weighted by molar-refractivity contribution is -0.137. The molecule has 1 aromatic heterocycles. The quantitative estimate of drug-likeness (QED) is 0.782. The number of alkyl halides is 3. The lowest BCUT2D eigenvalue weighted by Crippen LogP contribution is -2.06. The van der Waals surface area contributed by atoms with Gasteiger partial charge in [0.05, 0.1) is 17.7 Å². The third-order valence-electron chi connectivity index (χ3n) is 2.80. The predicted octanol–water partition coefficient (Wildman–Crippen LogP) is 4.11. The van der Waals surface area contributed by atoms with Crippen LogP contribution < -0.4 is 0 Å². The zero-order chi connectivity index (χ0) is 15.8. The second kappa shape index (κ2) is 5.40. The zero-order valence-corrected chi connectivity index (χ0v) is 11.7. The molecule has 0 unspecified atom stereocenters. The van der Waals surface area contributed by atoms with Gasteiger partial charge in [-0.05, 0) is 25.1 Å². The Labute approximate surface area is 122 Å². The minimum atomic E-state index is -4.54. The molecule has 1 heterocycles. The van der Waals surface area contributed by atoms with Crippen LogP contribution in [0.1, 0.15) is 21.7 Å². The van der Waals surface area contributed by atoms with E-state index in [4.69, 9.17) is 16.1 Å². The fourth-order valence-corrected chi connectivity index (χ4v) is 1.99. The van der Waals surface area contributed by atoms with Gasteiger partial charge in [0.25, 0.3) is 0 Å². The molecule has 0 radical (unpaired) electrons. The number of ether oxygens (including phenoxy) is 1. The van der Waals surface area contributed by atoms with Crippen LogP contribution in [0.25, 0.3) is 11.3 Å². The van der Waals surface area contributed by atoms with Crippen molar-refractivity contribution >= 4 is 17.6 Å². The molecule has 2 rings (SSSR count). The van der Waals surface area contributed by atoms with Gasteiger partial charge in [0, 0.05) is 5.56 Å². The average molecular weight is 320 g/mol. The van der Waals surface area contributed by atoms with Crippen molar-refractivity contribution in [3.8, 4) is 11.3 Å². The number of carbonyl (C=O) groups excluding carboxylic acids is 1. The Bertz CT molecular complexity index is 694. The third-order valence-corrected chi connectivity index (χ3v) is 3.13. The number of hydrogen-bond donors (Lipinski definition) is 0. The third kappa shape index (κ3) is 2.87. The first kappa shape index (κ1) is 15.4. The van der Waals surface area contributed by atoms with Gasteiger partial charge in [0.1, 0.15) is 17.0 Å². The van der Waals surface area contributed by atoms with Crippen LogP contribution >= 0.6 is 11.6 Å². The predicted molar refractivity (Wildman–Crippen MR) is 68.0 cm³/mol. The summed E-state index contributed by atoms with van der Waals surface area (Å²) in [5.41, 5.74) is -1.10. The topological polar surface area (TPSA) is 52.3 Å². The summed E-state index contributed by atoms with van der Waals surface area (Å²) in [6, 6.07) is 2.74. The van der Waals surface area contributed by atoms with E-state index in [-0.39, 0.29) is 27.6 Å². The van der Waals surface area contributed by atoms with Crippen LogP contribution in [-0.2, 0) is 10.9 Å². The molecule has 0 saturated carbocycles. The minimum Gasteiger partial charge on any atom is -0.465 e. The van der Waals surface area contributed by atoms with E-state index in [2.05, 4.69) is 9.89 Å². The highest BCUT2D eigenvalue weighted by Crippen LogP contribution is 2.37. The monoisotopic (exact) mass is 319 g/mol. The van der Waals surface area contributed by atoms with E-state index < -0.39 is 17.7 Å². The van der Waals surface area contributed by atoms with Crippen LogP contribution in [0.2, 0.25) is 5.02 Å². The summed E-state index contributed by atoms with van der Waals surface area (Å²) in [6.45, 7) is 1.45.